The Morgan fingerprint density at radius 3 is 1.23 bits per heavy atom. The van der Waals surface area contributed by atoms with E-state index in [2.05, 4.69) is 93.7 Å². The van der Waals surface area contributed by atoms with Gasteiger partial charge in [0.05, 0.1) is 0 Å². The van der Waals surface area contributed by atoms with Gasteiger partial charge in [-0.15, -0.1) is 0 Å². The minimum absolute atomic E-state index is 0.103. The maximum Gasteiger partial charge on any atom is 0.306 e. The van der Waals surface area contributed by atoms with Gasteiger partial charge < -0.3 is 14.2 Å². The van der Waals surface area contributed by atoms with Crippen LogP contribution in [0.25, 0.3) is 0 Å². The summed E-state index contributed by atoms with van der Waals surface area (Å²) >= 11 is 0. The first kappa shape index (κ1) is 58.3. The average Bonchev–Trinajstić information content (AvgIpc) is 3.27. The molecule has 0 radical (unpaired) electrons. The first-order valence-corrected chi connectivity index (χ1v) is 25.3. The van der Waals surface area contributed by atoms with Crippen LogP contribution in [0.1, 0.15) is 220 Å². The Hall–Kier alpha value is -3.67. The van der Waals surface area contributed by atoms with Crippen molar-refractivity contribution in [3.63, 3.8) is 0 Å². The van der Waals surface area contributed by atoms with Crippen molar-refractivity contribution in [1.82, 2.24) is 0 Å². The normalized spacial score (nSPS) is 12.9. The number of rotatable bonds is 44. The highest BCUT2D eigenvalue weighted by Gasteiger charge is 2.19. The molecule has 0 spiro atoms. The summed E-state index contributed by atoms with van der Waals surface area (Å²) in [6, 6.07) is 0. The highest BCUT2D eigenvalue weighted by atomic mass is 16.6. The number of allylic oxidation sites excluding steroid dienone is 16. The number of ether oxygens (including phenoxy) is 3. The summed E-state index contributed by atoms with van der Waals surface area (Å²) in [7, 11) is 0. The van der Waals surface area contributed by atoms with E-state index in [1.165, 1.54) is 77.0 Å². The lowest BCUT2D eigenvalue weighted by molar-refractivity contribution is -0.167. The second-order valence-corrected chi connectivity index (χ2v) is 16.5. The van der Waals surface area contributed by atoms with Crippen LogP contribution in [-0.2, 0) is 28.6 Å². The number of unbranched alkanes of at least 4 members (excludes halogenated alkanes) is 21. The van der Waals surface area contributed by atoms with Crippen LogP contribution >= 0.6 is 0 Å². The summed E-state index contributed by atoms with van der Waals surface area (Å²) in [6.07, 6.45) is 65.3. The van der Waals surface area contributed by atoms with Crippen LogP contribution in [0.5, 0.6) is 0 Å². The van der Waals surface area contributed by atoms with Crippen LogP contribution < -0.4 is 0 Å². The lowest BCUT2D eigenvalue weighted by Crippen LogP contribution is -2.30. The fraction of sp³-hybridized carbons (Fsp3) is 0.661. The van der Waals surface area contributed by atoms with E-state index in [4.69, 9.17) is 14.2 Å². The summed E-state index contributed by atoms with van der Waals surface area (Å²) in [5, 5.41) is 0. The standard InChI is InChI=1S/C56H92O6/c1-4-7-10-13-16-19-22-25-27-28-29-30-32-34-37-40-43-46-49-55(58)61-52-53(51-60-54(57)48-45-42-39-36-33-24-21-18-15-12-9-6-3)62-56(59)50-47-44-41-38-35-31-26-23-20-17-14-11-8-5-2/h9-10,12-13,16,18-19,21-22,25,27-30,33,36,53H,4-8,11,14-15,17,20,23-24,26,31-32,34-35,37-52H2,1-3H3/b12-9-,13-10-,19-16-,21-18-,25-22-,28-27-,30-29-,36-33-. The highest BCUT2D eigenvalue weighted by Crippen LogP contribution is 2.15. The minimum atomic E-state index is -0.802. The number of hydrogen-bond acceptors (Lipinski definition) is 6. The maximum absolute atomic E-state index is 12.8. The number of hydrogen-bond donors (Lipinski definition) is 0. The monoisotopic (exact) mass is 861 g/mol. The van der Waals surface area contributed by atoms with E-state index in [1.807, 2.05) is 24.3 Å². The van der Waals surface area contributed by atoms with Crippen molar-refractivity contribution >= 4 is 17.9 Å². The number of carbonyl (C=O) groups is 3. The molecule has 0 saturated carbocycles. The molecule has 0 aromatic rings. The third-order valence-electron chi connectivity index (χ3n) is 10.4. The molecule has 0 aliphatic rings. The van der Waals surface area contributed by atoms with E-state index in [1.54, 1.807) is 0 Å². The van der Waals surface area contributed by atoms with Gasteiger partial charge in [0.1, 0.15) is 13.2 Å². The van der Waals surface area contributed by atoms with Gasteiger partial charge in [-0.3, -0.25) is 14.4 Å². The van der Waals surface area contributed by atoms with Crippen molar-refractivity contribution in [1.29, 1.82) is 0 Å². The quantitative estimate of drug-likeness (QED) is 0.0200. The molecule has 0 aliphatic carbocycles. The Labute approximate surface area is 381 Å². The third kappa shape index (κ3) is 47.4. The zero-order valence-corrected chi connectivity index (χ0v) is 40.1. The maximum atomic E-state index is 12.8. The summed E-state index contributed by atoms with van der Waals surface area (Å²) in [5.41, 5.74) is 0. The van der Waals surface area contributed by atoms with Crippen molar-refractivity contribution in [3.8, 4) is 0 Å². The molecule has 62 heavy (non-hydrogen) atoms. The van der Waals surface area contributed by atoms with Crippen LogP contribution in [0.4, 0.5) is 0 Å². The van der Waals surface area contributed by atoms with Crippen molar-refractivity contribution in [2.45, 2.75) is 226 Å². The Balaban J connectivity index is 4.48. The Morgan fingerprint density at radius 1 is 0.355 bits per heavy atom. The second kappa shape index (κ2) is 50.0. The first-order chi connectivity index (χ1) is 30.5. The van der Waals surface area contributed by atoms with Crippen molar-refractivity contribution in [2.24, 2.45) is 0 Å². The van der Waals surface area contributed by atoms with E-state index in [9.17, 15) is 14.4 Å². The van der Waals surface area contributed by atoms with Gasteiger partial charge in [0.25, 0.3) is 0 Å². The van der Waals surface area contributed by atoms with Crippen molar-refractivity contribution in [3.05, 3.63) is 97.2 Å². The molecule has 0 amide bonds. The average molecular weight is 861 g/mol. The molecule has 0 rings (SSSR count). The van der Waals surface area contributed by atoms with E-state index in [-0.39, 0.29) is 31.1 Å². The van der Waals surface area contributed by atoms with Crippen LogP contribution in [0.2, 0.25) is 0 Å². The van der Waals surface area contributed by atoms with Gasteiger partial charge in [-0.2, -0.15) is 0 Å². The van der Waals surface area contributed by atoms with Gasteiger partial charge >= 0.3 is 17.9 Å². The molecule has 0 fully saturated rings. The molecule has 352 valence electrons. The van der Waals surface area contributed by atoms with Gasteiger partial charge in [-0.25, -0.2) is 0 Å². The molecule has 0 heterocycles. The topological polar surface area (TPSA) is 78.9 Å². The molecule has 0 aliphatic heterocycles. The van der Waals surface area contributed by atoms with E-state index in [0.29, 0.717) is 19.3 Å². The summed E-state index contributed by atoms with van der Waals surface area (Å²) in [5.74, 6) is -0.968. The molecular weight excluding hydrogens is 769 g/mol. The van der Waals surface area contributed by atoms with Gasteiger partial charge in [0.2, 0.25) is 0 Å². The number of carbonyl (C=O) groups excluding carboxylic acids is 3. The Morgan fingerprint density at radius 2 is 0.726 bits per heavy atom. The van der Waals surface area contributed by atoms with E-state index in [0.717, 1.165) is 103 Å². The van der Waals surface area contributed by atoms with Gasteiger partial charge in [-0.1, -0.05) is 227 Å². The molecule has 6 heteroatoms. The third-order valence-corrected chi connectivity index (χ3v) is 10.4. The van der Waals surface area contributed by atoms with Gasteiger partial charge in [-0.05, 0) is 70.6 Å². The van der Waals surface area contributed by atoms with Crippen LogP contribution in [0, 0.1) is 0 Å². The van der Waals surface area contributed by atoms with E-state index >= 15 is 0 Å². The van der Waals surface area contributed by atoms with Gasteiger partial charge in [0.15, 0.2) is 6.10 Å². The fourth-order valence-corrected chi connectivity index (χ4v) is 6.66. The van der Waals surface area contributed by atoms with Gasteiger partial charge in [0, 0.05) is 19.3 Å². The highest BCUT2D eigenvalue weighted by molar-refractivity contribution is 5.71. The summed E-state index contributed by atoms with van der Waals surface area (Å²) in [6.45, 7) is 6.37. The van der Waals surface area contributed by atoms with E-state index < -0.39 is 6.10 Å². The second-order valence-electron chi connectivity index (χ2n) is 16.5. The van der Waals surface area contributed by atoms with Crippen LogP contribution in [0.3, 0.4) is 0 Å². The lowest BCUT2D eigenvalue weighted by Gasteiger charge is -2.18. The molecule has 0 saturated heterocycles. The zero-order chi connectivity index (χ0) is 45.1. The predicted octanol–water partition coefficient (Wildman–Crippen LogP) is 16.6. The summed E-state index contributed by atoms with van der Waals surface area (Å²) in [4.78, 5) is 37.9. The number of esters is 3. The molecule has 0 aromatic carbocycles. The molecule has 6 nitrogen and oxygen atoms in total. The molecule has 1 unspecified atom stereocenters. The lowest BCUT2D eigenvalue weighted by atomic mass is 10.0. The van der Waals surface area contributed by atoms with Crippen LogP contribution in [0.15, 0.2) is 97.2 Å². The molecule has 0 bridgehead atoms. The SMILES string of the molecule is CC/C=C\C/C=C\C/C=C\CCCCC(=O)OCC(COC(=O)CCCCCCC\C=C/C=C\C=C/C=C\C=C/CCC)OC(=O)CCCCCCCCCCCCCCCC. The summed E-state index contributed by atoms with van der Waals surface area (Å²) < 4.78 is 16.7. The fourth-order valence-electron chi connectivity index (χ4n) is 6.66. The molecular formula is C56H92O6. The van der Waals surface area contributed by atoms with Crippen LogP contribution in [-0.4, -0.2) is 37.2 Å². The molecule has 0 aromatic heterocycles. The Kier molecular flexibility index (Phi) is 47.0. The van der Waals surface area contributed by atoms with Crippen molar-refractivity contribution < 1.29 is 28.6 Å². The Bertz CT molecular complexity index is 1260. The zero-order valence-electron chi connectivity index (χ0n) is 40.1. The molecule has 0 N–H and O–H groups in total. The molecule has 1 atom stereocenters. The largest absolute Gasteiger partial charge is 0.462 e. The predicted molar refractivity (Wildman–Crippen MR) is 265 cm³/mol. The smallest absolute Gasteiger partial charge is 0.306 e. The first-order valence-electron chi connectivity index (χ1n) is 25.3. The minimum Gasteiger partial charge on any atom is -0.462 e. The van der Waals surface area contributed by atoms with Crippen molar-refractivity contribution in [2.75, 3.05) is 13.2 Å².